The topological polar surface area (TPSA) is 40.6 Å². The van der Waals surface area contributed by atoms with Crippen molar-refractivity contribution in [2.45, 2.75) is 4.90 Å². The molecular weight excluding hydrogens is 444 g/mol. The van der Waals surface area contributed by atoms with Crippen LogP contribution in [-0.2, 0) is 10.0 Å². The van der Waals surface area contributed by atoms with Crippen LogP contribution >= 0.6 is 31.9 Å². The highest BCUT2D eigenvalue weighted by molar-refractivity contribution is 9.11. The van der Waals surface area contributed by atoms with Gasteiger partial charge in [0.1, 0.15) is 4.90 Å². The zero-order valence-electron chi connectivity index (χ0n) is 12.9. The fourth-order valence-corrected chi connectivity index (χ4v) is 5.24. The number of benzene rings is 2. The highest BCUT2D eigenvalue weighted by atomic mass is 79.9. The molecule has 2 aromatic rings. The molecule has 0 saturated carbocycles. The van der Waals surface area contributed by atoms with Crippen LogP contribution in [-0.4, -0.2) is 40.5 Å². The lowest BCUT2D eigenvalue weighted by Gasteiger charge is -2.26. The van der Waals surface area contributed by atoms with Crippen LogP contribution in [0.4, 0.5) is 5.69 Å². The summed E-state index contributed by atoms with van der Waals surface area (Å²) >= 11 is 6.71. The molecule has 2 rings (SSSR count). The summed E-state index contributed by atoms with van der Waals surface area (Å²) in [6, 6.07) is 14.2. The molecule has 0 bridgehead atoms. The summed E-state index contributed by atoms with van der Waals surface area (Å²) < 4.78 is 29.1. The molecule has 0 atom stereocenters. The number of anilines is 1. The van der Waals surface area contributed by atoms with E-state index in [1.807, 2.05) is 37.2 Å². The maximum atomic E-state index is 13.1. The van der Waals surface area contributed by atoms with E-state index in [4.69, 9.17) is 0 Å². The Hall–Kier alpha value is -0.890. The zero-order valence-corrected chi connectivity index (χ0v) is 16.9. The quantitative estimate of drug-likeness (QED) is 0.653. The molecule has 4 nitrogen and oxygen atoms in total. The summed E-state index contributed by atoms with van der Waals surface area (Å²) in [5.41, 5.74) is 0.657. The van der Waals surface area contributed by atoms with Crippen LogP contribution in [0.25, 0.3) is 0 Å². The van der Waals surface area contributed by atoms with Gasteiger partial charge in [0, 0.05) is 22.0 Å². The summed E-state index contributed by atoms with van der Waals surface area (Å²) in [7, 11) is 0.186. The molecule has 0 saturated heterocycles. The maximum absolute atomic E-state index is 13.1. The summed E-state index contributed by atoms with van der Waals surface area (Å²) in [5.74, 6) is 0. The van der Waals surface area contributed by atoms with Crippen LogP contribution in [0, 0.1) is 0 Å². The number of halogens is 2. The maximum Gasteiger partial charge on any atom is 0.265 e. The standard InChI is InChI=1S/C16H18Br2N2O2S/c1-19(2)10-11-20(14-6-4-3-5-7-14)23(21,22)16-9-8-13(17)12-15(16)18/h3-9,12H,10-11H2,1-2H3. The molecule has 0 fully saturated rings. The van der Waals surface area contributed by atoms with E-state index < -0.39 is 10.0 Å². The first-order valence-corrected chi connectivity index (χ1v) is 10.0. The minimum Gasteiger partial charge on any atom is -0.308 e. The van der Waals surface area contributed by atoms with Crippen LogP contribution in [0.2, 0.25) is 0 Å². The van der Waals surface area contributed by atoms with Gasteiger partial charge in [-0.15, -0.1) is 0 Å². The summed E-state index contributed by atoms with van der Waals surface area (Å²) in [6.45, 7) is 1.00. The van der Waals surface area contributed by atoms with Crippen molar-refractivity contribution >= 4 is 47.6 Å². The molecule has 0 aliphatic rings. The zero-order chi connectivity index (χ0) is 17.0. The van der Waals surface area contributed by atoms with Crippen LogP contribution in [0.1, 0.15) is 0 Å². The van der Waals surface area contributed by atoms with E-state index in [9.17, 15) is 8.42 Å². The highest BCUT2D eigenvalue weighted by Gasteiger charge is 2.27. The molecule has 2 aromatic carbocycles. The van der Waals surface area contributed by atoms with E-state index in [1.165, 1.54) is 4.31 Å². The Morgan fingerprint density at radius 2 is 1.61 bits per heavy atom. The number of likely N-dealkylation sites (N-methyl/N-ethyl adjacent to an activating group) is 1. The molecule has 0 spiro atoms. The van der Waals surface area contributed by atoms with Crippen molar-refractivity contribution in [2.75, 3.05) is 31.5 Å². The van der Waals surface area contributed by atoms with Crippen molar-refractivity contribution in [3.8, 4) is 0 Å². The molecule has 7 heteroatoms. The minimum absolute atomic E-state index is 0.253. The van der Waals surface area contributed by atoms with E-state index in [2.05, 4.69) is 31.9 Å². The number of hydrogen-bond acceptors (Lipinski definition) is 3. The third kappa shape index (κ3) is 4.56. The van der Waals surface area contributed by atoms with Gasteiger partial charge < -0.3 is 4.90 Å². The Balaban J connectivity index is 2.48. The van der Waals surface area contributed by atoms with Crippen molar-refractivity contribution in [1.29, 1.82) is 0 Å². The van der Waals surface area contributed by atoms with Crippen molar-refractivity contribution in [3.63, 3.8) is 0 Å². The predicted octanol–water partition coefficient (Wildman–Crippen LogP) is 3.97. The summed E-state index contributed by atoms with van der Waals surface area (Å²) in [4.78, 5) is 2.21. The molecule has 0 radical (unpaired) electrons. The lowest BCUT2D eigenvalue weighted by Crippen LogP contribution is -2.36. The third-order valence-electron chi connectivity index (χ3n) is 3.26. The molecule has 23 heavy (non-hydrogen) atoms. The average Bonchev–Trinajstić information content (AvgIpc) is 2.47. The van der Waals surface area contributed by atoms with E-state index >= 15 is 0 Å². The van der Waals surface area contributed by atoms with Gasteiger partial charge in [-0.3, -0.25) is 4.31 Å². The molecule has 0 heterocycles. The first-order chi connectivity index (χ1) is 10.8. The van der Waals surface area contributed by atoms with Crippen LogP contribution in [0.3, 0.4) is 0 Å². The molecule has 124 valence electrons. The molecular formula is C16H18Br2N2O2S. The second kappa shape index (κ2) is 7.79. The Kier molecular flexibility index (Phi) is 6.25. The van der Waals surface area contributed by atoms with Crippen LogP contribution in [0.5, 0.6) is 0 Å². The van der Waals surface area contributed by atoms with Gasteiger partial charge in [-0.25, -0.2) is 8.42 Å². The van der Waals surface area contributed by atoms with Crippen molar-refractivity contribution in [1.82, 2.24) is 4.90 Å². The van der Waals surface area contributed by atoms with Gasteiger partial charge in [0.15, 0.2) is 0 Å². The molecule has 0 aliphatic carbocycles. The van der Waals surface area contributed by atoms with Gasteiger partial charge >= 0.3 is 0 Å². The Morgan fingerprint density at radius 3 is 2.17 bits per heavy atom. The average molecular weight is 462 g/mol. The lowest BCUT2D eigenvalue weighted by molar-refractivity contribution is 0.419. The first kappa shape index (κ1) is 18.4. The number of para-hydroxylation sites is 1. The highest BCUT2D eigenvalue weighted by Crippen LogP contribution is 2.30. The largest absolute Gasteiger partial charge is 0.308 e. The molecule has 0 unspecified atom stereocenters. The molecule has 0 aromatic heterocycles. The van der Waals surface area contributed by atoms with E-state index in [0.717, 1.165) is 4.47 Å². The van der Waals surface area contributed by atoms with Crippen LogP contribution < -0.4 is 4.31 Å². The Labute approximate surface area is 154 Å². The monoisotopic (exact) mass is 460 g/mol. The molecule has 0 N–H and O–H groups in total. The number of sulfonamides is 1. The number of nitrogens with zero attached hydrogens (tertiary/aromatic N) is 2. The van der Waals surface area contributed by atoms with E-state index in [1.54, 1.807) is 30.3 Å². The Bertz CT molecular complexity index is 765. The second-order valence-corrected chi connectivity index (χ2v) is 8.89. The van der Waals surface area contributed by atoms with Gasteiger partial charge in [-0.05, 0) is 60.4 Å². The SMILES string of the molecule is CN(C)CCN(c1ccccc1)S(=O)(=O)c1ccc(Br)cc1Br. The van der Waals surface area contributed by atoms with Gasteiger partial charge in [0.25, 0.3) is 10.0 Å². The fourth-order valence-electron chi connectivity index (χ4n) is 2.08. The second-order valence-electron chi connectivity index (χ2n) is 5.29. The first-order valence-electron chi connectivity index (χ1n) is 7.00. The minimum atomic E-state index is -3.66. The summed E-state index contributed by atoms with van der Waals surface area (Å²) in [6.07, 6.45) is 0. The van der Waals surface area contributed by atoms with Gasteiger partial charge in [0.05, 0.1) is 5.69 Å². The predicted molar refractivity (Wildman–Crippen MR) is 101 cm³/mol. The van der Waals surface area contributed by atoms with Crippen LogP contribution in [0.15, 0.2) is 62.4 Å². The van der Waals surface area contributed by atoms with Gasteiger partial charge in [0.2, 0.25) is 0 Å². The van der Waals surface area contributed by atoms with E-state index in [-0.39, 0.29) is 4.90 Å². The smallest absolute Gasteiger partial charge is 0.265 e. The lowest BCUT2D eigenvalue weighted by atomic mass is 10.3. The molecule has 0 aliphatic heterocycles. The third-order valence-corrected chi connectivity index (χ3v) is 6.55. The Morgan fingerprint density at radius 1 is 0.957 bits per heavy atom. The molecule has 0 amide bonds. The van der Waals surface area contributed by atoms with Crippen molar-refractivity contribution < 1.29 is 8.42 Å². The van der Waals surface area contributed by atoms with Crippen molar-refractivity contribution in [3.05, 3.63) is 57.5 Å². The fraction of sp³-hybridized carbons (Fsp3) is 0.250. The number of hydrogen-bond donors (Lipinski definition) is 0. The van der Waals surface area contributed by atoms with Crippen molar-refractivity contribution in [2.24, 2.45) is 0 Å². The number of rotatable bonds is 6. The van der Waals surface area contributed by atoms with Gasteiger partial charge in [-0.1, -0.05) is 34.1 Å². The normalized spacial score (nSPS) is 11.7. The summed E-state index contributed by atoms with van der Waals surface area (Å²) in [5, 5.41) is 0. The van der Waals surface area contributed by atoms with Gasteiger partial charge in [-0.2, -0.15) is 0 Å². The van der Waals surface area contributed by atoms with E-state index in [0.29, 0.717) is 23.2 Å².